The Hall–Kier alpha value is -2.40. The summed E-state index contributed by atoms with van der Waals surface area (Å²) < 4.78 is 12.3. The summed E-state index contributed by atoms with van der Waals surface area (Å²) in [4.78, 5) is 16.0. The molecule has 0 radical (unpaired) electrons. The molecule has 0 atom stereocenters. The molecule has 0 aliphatic rings. The van der Waals surface area contributed by atoms with E-state index in [0.29, 0.717) is 23.8 Å². The fourth-order valence-corrected chi connectivity index (χ4v) is 2.85. The van der Waals surface area contributed by atoms with Crippen molar-refractivity contribution in [2.45, 2.75) is 20.3 Å². The van der Waals surface area contributed by atoms with Gasteiger partial charge in [0.1, 0.15) is 11.5 Å². The zero-order chi connectivity index (χ0) is 17.8. The third-order valence-electron chi connectivity index (χ3n) is 3.66. The molecule has 3 aromatic rings. The summed E-state index contributed by atoms with van der Waals surface area (Å²) in [6.07, 6.45) is 0.955. The van der Waals surface area contributed by atoms with Crippen LogP contribution in [0.2, 0.25) is 0 Å². The Bertz CT molecular complexity index is 924. The normalized spacial score (nSPS) is 10.7. The lowest BCUT2D eigenvalue weighted by atomic mass is 10.1. The molecule has 4 nitrogen and oxygen atoms in total. The summed E-state index contributed by atoms with van der Waals surface area (Å²) in [6.45, 7) is 4.29. The van der Waals surface area contributed by atoms with Gasteiger partial charge in [0.25, 0.3) is 0 Å². The molecule has 0 amide bonds. The predicted octanol–water partition coefficient (Wildman–Crippen LogP) is 5.78. The van der Waals surface area contributed by atoms with Crippen molar-refractivity contribution in [2.75, 3.05) is 6.61 Å². The molecule has 0 N–H and O–H groups in total. The van der Waals surface area contributed by atoms with Crippen LogP contribution in [0.4, 0.5) is 0 Å². The van der Waals surface area contributed by atoms with Crippen molar-refractivity contribution in [3.8, 4) is 17.4 Å². The van der Waals surface area contributed by atoms with Crippen LogP contribution < -0.4 is 9.47 Å². The first kappa shape index (κ1) is 17.4. The fraction of sp³-hybridized carbons (Fsp3) is 0.200. The molecule has 0 spiro atoms. The van der Waals surface area contributed by atoms with E-state index >= 15 is 0 Å². The number of ether oxygens (including phenoxy) is 2. The van der Waals surface area contributed by atoms with Gasteiger partial charge >= 0.3 is 0 Å². The maximum atomic E-state index is 11.5. The molecular formula is C20H18BrNO3. The Kier molecular flexibility index (Phi) is 5.34. The lowest BCUT2D eigenvalue weighted by Gasteiger charge is -2.10. The number of hydrogen-bond acceptors (Lipinski definition) is 4. The van der Waals surface area contributed by atoms with Gasteiger partial charge in [-0.15, -0.1) is 0 Å². The van der Waals surface area contributed by atoms with Gasteiger partial charge in [0.2, 0.25) is 5.88 Å². The molecule has 0 fully saturated rings. The van der Waals surface area contributed by atoms with Gasteiger partial charge in [0, 0.05) is 17.0 Å². The third kappa shape index (κ3) is 4.17. The quantitative estimate of drug-likeness (QED) is 0.492. The van der Waals surface area contributed by atoms with Crippen molar-refractivity contribution in [3.63, 3.8) is 0 Å². The van der Waals surface area contributed by atoms with E-state index in [1.807, 2.05) is 36.4 Å². The number of aromatic nitrogens is 1. The standard InChI is InChI=1S/C20H18BrNO3/c1-3-10-24-19-8-6-16(12-17(19)21)25-20-9-5-15-11-14(13(2)23)4-7-18(15)22-20/h4-9,11-12H,3,10H2,1-2H3. The van der Waals surface area contributed by atoms with Gasteiger partial charge in [-0.3, -0.25) is 4.79 Å². The zero-order valence-corrected chi connectivity index (χ0v) is 15.7. The molecule has 1 aromatic heterocycles. The van der Waals surface area contributed by atoms with Crippen LogP contribution in [0, 0.1) is 0 Å². The summed E-state index contributed by atoms with van der Waals surface area (Å²) in [5.74, 6) is 2.00. The lowest BCUT2D eigenvalue weighted by Crippen LogP contribution is -1.96. The van der Waals surface area contributed by atoms with Crippen LogP contribution in [0.5, 0.6) is 17.4 Å². The number of pyridine rings is 1. The number of fused-ring (bicyclic) bond motifs is 1. The highest BCUT2D eigenvalue weighted by molar-refractivity contribution is 9.10. The predicted molar refractivity (Wildman–Crippen MR) is 102 cm³/mol. The van der Waals surface area contributed by atoms with E-state index in [1.165, 1.54) is 0 Å². The Morgan fingerprint density at radius 1 is 1.12 bits per heavy atom. The number of nitrogens with zero attached hydrogens (tertiary/aromatic N) is 1. The number of carbonyl (C=O) groups is 1. The van der Waals surface area contributed by atoms with Gasteiger partial charge in [-0.05, 0) is 71.7 Å². The summed E-state index contributed by atoms with van der Waals surface area (Å²) >= 11 is 3.49. The molecule has 0 bridgehead atoms. The molecule has 25 heavy (non-hydrogen) atoms. The molecule has 0 saturated heterocycles. The Morgan fingerprint density at radius 3 is 2.68 bits per heavy atom. The highest BCUT2D eigenvalue weighted by Crippen LogP contribution is 2.31. The van der Waals surface area contributed by atoms with E-state index < -0.39 is 0 Å². The van der Waals surface area contributed by atoms with E-state index in [4.69, 9.17) is 9.47 Å². The van der Waals surface area contributed by atoms with E-state index in [-0.39, 0.29) is 5.78 Å². The van der Waals surface area contributed by atoms with E-state index in [9.17, 15) is 4.79 Å². The van der Waals surface area contributed by atoms with Gasteiger partial charge in [-0.2, -0.15) is 0 Å². The van der Waals surface area contributed by atoms with Crippen molar-refractivity contribution < 1.29 is 14.3 Å². The first-order chi connectivity index (χ1) is 12.1. The Labute approximate surface area is 154 Å². The van der Waals surface area contributed by atoms with Gasteiger partial charge in [0.15, 0.2) is 5.78 Å². The Morgan fingerprint density at radius 2 is 1.96 bits per heavy atom. The van der Waals surface area contributed by atoms with Crippen LogP contribution in [0.3, 0.4) is 0 Å². The topological polar surface area (TPSA) is 48.4 Å². The van der Waals surface area contributed by atoms with Crippen LogP contribution in [0.25, 0.3) is 10.9 Å². The smallest absolute Gasteiger partial charge is 0.219 e. The first-order valence-corrected chi connectivity index (χ1v) is 8.88. The highest BCUT2D eigenvalue weighted by Gasteiger charge is 2.07. The number of benzene rings is 2. The van der Waals surface area contributed by atoms with Crippen molar-refractivity contribution in [1.29, 1.82) is 0 Å². The molecule has 2 aromatic carbocycles. The minimum atomic E-state index is 0.0393. The molecule has 0 aliphatic heterocycles. The monoisotopic (exact) mass is 399 g/mol. The minimum absolute atomic E-state index is 0.0393. The molecular weight excluding hydrogens is 382 g/mol. The van der Waals surface area contributed by atoms with Crippen LogP contribution >= 0.6 is 15.9 Å². The average molecular weight is 400 g/mol. The second-order valence-corrected chi connectivity index (χ2v) is 6.51. The maximum Gasteiger partial charge on any atom is 0.219 e. The van der Waals surface area contributed by atoms with Gasteiger partial charge in [-0.25, -0.2) is 4.98 Å². The zero-order valence-electron chi connectivity index (χ0n) is 14.1. The number of carbonyl (C=O) groups excluding carboxylic acids is 1. The number of halogens is 1. The molecule has 1 heterocycles. The highest BCUT2D eigenvalue weighted by atomic mass is 79.9. The first-order valence-electron chi connectivity index (χ1n) is 8.09. The Balaban J connectivity index is 1.81. The van der Waals surface area contributed by atoms with Crippen molar-refractivity contribution in [1.82, 2.24) is 4.98 Å². The average Bonchev–Trinajstić information content (AvgIpc) is 2.60. The molecule has 0 unspecified atom stereocenters. The number of rotatable bonds is 6. The molecule has 5 heteroatoms. The van der Waals surface area contributed by atoms with E-state index in [0.717, 1.165) is 27.5 Å². The second-order valence-electron chi connectivity index (χ2n) is 5.66. The van der Waals surface area contributed by atoms with E-state index in [2.05, 4.69) is 27.8 Å². The third-order valence-corrected chi connectivity index (χ3v) is 4.28. The molecule has 0 saturated carbocycles. The number of ketones is 1. The van der Waals surface area contributed by atoms with Crippen LogP contribution in [0.15, 0.2) is 53.0 Å². The largest absolute Gasteiger partial charge is 0.492 e. The molecule has 0 aliphatic carbocycles. The number of Topliss-reactive ketones (excluding diaryl/α,β-unsaturated/α-hetero) is 1. The van der Waals surface area contributed by atoms with Crippen molar-refractivity contribution >= 4 is 32.6 Å². The summed E-state index contributed by atoms with van der Waals surface area (Å²) in [5.41, 5.74) is 1.46. The summed E-state index contributed by atoms with van der Waals surface area (Å²) in [6, 6.07) is 14.7. The van der Waals surface area contributed by atoms with Gasteiger partial charge in [0.05, 0.1) is 16.6 Å². The minimum Gasteiger partial charge on any atom is -0.492 e. The molecule has 128 valence electrons. The van der Waals surface area contributed by atoms with Crippen LogP contribution in [0.1, 0.15) is 30.6 Å². The van der Waals surface area contributed by atoms with Crippen LogP contribution in [-0.2, 0) is 0 Å². The SMILES string of the molecule is CCCOc1ccc(Oc2ccc3cc(C(C)=O)ccc3n2)cc1Br. The van der Waals surface area contributed by atoms with Gasteiger partial charge < -0.3 is 9.47 Å². The fourth-order valence-electron chi connectivity index (χ4n) is 2.38. The summed E-state index contributed by atoms with van der Waals surface area (Å²) in [7, 11) is 0. The van der Waals surface area contributed by atoms with Crippen molar-refractivity contribution in [3.05, 3.63) is 58.6 Å². The van der Waals surface area contributed by atoms with E-state index in [1.54, 1.807) is 19.1 Å². The summed E-state index contributed by atoms with van der Waals surface area (Å²) in [5, 5.41) is 0.907. The van der Waals surface area contributed by atoms with Crippen LogP contribution in [-0.4, -0.2) is 17.4 Å². The van der Waals surface area contributed by atoms with Crippen molar-refractivity contribution in [2.24, 2.45) is 0 Å². The van der Waals surface area contributed by atoms with Gasteiger partial charge in [-0.1, -0.05) is 6.92 Å². The lowest BCUT2D eigenvalue weighted by molar-refractivity contribution is 0.101. The number of hydrogen-bond donors (Lipinski definition) is 0. The maximum absolute atomic E-state index is 11.5. The molecule has 3 rings (SSSR count). The second kappa shape index (κ2) is 7.66.